The minimum absolute atomic E-state index is 0.118. The van der Waals surface area contributed by atoms with Crippen LogP contribution in [0.3, 0.4) is 0 Å². The molecule has 0 saturated carbocycles. The van der Waals surface area contributed by atoms with E-state index in [0.717, 1.165) is 4.90 Å². The number of carbonyl (C=O) groups excluding carboxylic acids is 1. The van der Waals surface area contributed by atoms with E-state index in [0.29, 0.717) is 5.75 Å². The van der Waals surface area contributed by atoms with Gasteiger partial charge in [-0.1, -0.05) is 0 Å². The maximum absolute atomic E-state index is 12.6. The van der Waals surface area contributed by atoms with Crippen LogP contribution in [0, 0.1) is 0 Å². The molecule has 0 fully saturated rings. The molecule has 0 aliphatic heterocycles. The minimum Gasteiger partial charge on any atom is -0.495 e. The van der Waals surface area contributed by atoms with Crippen molar-refractivity contribution in [2.24, 2.45) is 0 Å². The molecule has 0 atom stereocenters. The molecule has 2 aromatic carbocycles. The highest BCUT2D eigenvalue weighted by atomic mass is 32.2. The molecule has 2 aromatic rings. The number of hydrogen-bond acceptors (Lipinski definition) is 6. The first-order chi connectivity index (χ1) is 12.3. The second kappa shape index (κ2) is 8.46. The van der Waals surface area contributed by atoms with Gasteiger partial charge in [0.2, 0.25) is 0 Å². The van der Waals surface area contributed by atoms with Crippen molar-refractivity contribution in [1.82, 2.24) is 0 Å². The molecule has 0 bridgehead atoms. The van der Waals surface area contributed by atoms with Gasteiger partial charge in [-0.3, -0.25) is 4.72 Å². The molecule has 0 saturated heterocycles. The van der Waals surface area contributed by atoms with Crippen molar-refractivity contribution in [2.75, 3.05) is 18.1 Å². The van der Waals surface area contributed by atoms with E-state index in [1.165, 1.54) is 49.2 Å². The first-order valence-electron chi connectivity index (χ1n) is 7.82. The first-order valence-corrected chi connectivity index (χ1v) is 10.5. The molecule has 6 nitrogen and oxygen atoms in total. The van der Waals surface area contributed by atoms with Crippen LogP contribution in [0.15, 0.2) is 52.3 Å². The lowest BCUT2D eigenvalue weighted by atomic mass is 10.2. The van der Waals surface area contributed by atoms with Crippen molar-refractivity contribution in [3.05, 3.63) is 48.0 Å². The number of ether oxygens (including phenoxy) is 2. The number of thioether (sulfide) groups is 1. The van der Waals surface area contributed by atoms with Crippen LogP contribution in [0.2, 0.25) is 0 Å². The van der Waals surface area contributed by atoms with Crippen LogP contribution >= 0.6 is 11.8 Å². The summed E-state index contributed by atoms with van der Waals surface area (Å²) in [6.07, 6.45) is 1.63. The van der Waals surface area contributed by atoms with Crippen LogP contribution in [0.25, 0.3) is 0 Å². The van der Waals surface area contributed by atoms with Crippen molar-refractivity contribution >= 4 is 33.4 Å². The number of carbonyl (C=O) groups is 1. The van der Waals surface area contributed by atoms with E-state index in [4.69, 9.17) is 9.47 Å². The summed E-state index contributed by atoms with van der Waals surface area (Å²) >= 11 is 1.52. The van der Waals surface area contributed by atoms with Crippen molar-refractivity contribution in [3.63, 3.8) is 0 Å². The normalized spacial score (nSPS) is 11.3. The summed E-state index contributed by atoms with van der Waals surface area (Å²) < 4.78 is 38.1. The predicted octanol–water partition coefficient (Wildman–Crippen LogP) is 3.78. The zero-order valence-electron chi connectivity index (χ0n) is 15.0. The van der Waals surface area contributed by atoms with E-state index in [1.54, 1.807) is 26.0 Å². The van der Waals surface area contributed by atoms with Crippen LogP contribution in [0.1, 0.15) is 24.2 Å². The first kappa shape index (κ1) is 20.1. The average Bonchev–Trinajstić information content (AvgIpc) is 2.60. The van der Waals surface area contributed by atoms with E-state index in [1.807, 2.05) is 6.26 Å². The quantitative estimate of drug-likeness (QED) is 0.567. The van der Waals surface area contributed by atoms with Crippen molar-refractivity contribution in [3.8, 4) is 5.75 Å². The topological polar surface area (TPSA) is 81.7 Å². The maximum atomic E-state index is 12.6. The molecule has 0 amide bonds. The predicted molar refractivity (Wildman–Crippen MR) is 103 cm³/mol. The molecule has 2 rings (SSSR count). The van der Waals surface area contributed by atoms with Gasteiger partial charge >= 0.3 is 5.97 Å². The molecule has 0 heterocycles. The summed E-state index contributed by atoms with van der Waals surface area (Å²) in [5.74, 6) is -0.233. The maximum Gasteiger partial charge on any atom is 0.338 e. The lowest BCUT2D eigenvalue weighted by Gasteiger charge is -2.14. The van der Waals surface area contributed by atoms with Crippen LogP contribution in [-0.2, 0) is 14.8 Å². The Balaban J connectivity index is 2.34. The van der Waals surface area contributed by atoms with Gasteiger partial charge in [0.1, 0.15) is 5.75 Å². The summed E-state index contributed by atoms with van der Waals surface area (Å²) in [4.78, 5) is 13.1. The highest BCUT2D eigenvalue weighted by Gasteiger charge is 2.19. The Hall–Kier alpha value is -2.19. The Morgan fingerprint density at radius 1 is 1.12 bits per heavy atom. The fraction of sp³-hybridized carbons (Fsp3) is 0.278. The van der Waals surface area contributed by atoms with Crippen LogP contribution in [0.5, 0.6) is 5.75 Å². The van der Waals surface area contributed by atoms with E-state index in [-0.39, 0.29) is 22.3 Å². The molecule has 8 heteroatoms. The molecule has 0 aliphatic rings. The van der Waals surface area contributed by atoms with Gasteiger partial charge in [0.15, 0.2) is 0 Å². The van der Waals surface area contributed by atoms with Crippen molar-refractivity contribution in [2.45, 2.75) is 29.7 Å². The number of esters is 1. The molecule has 0 radical (unpaired) electrons. The Bertz CT molecular complexity index is 877. The highest BCUT2D eigenvalue weighted by Crippen LogP contribution is 2.29. The van der Waals surface area contributed by atoms with Crippen molar-refractivity contribution in [1.29, 1.82) is 0 Å². The minimum atomic E-state index is -3.83. The largest absolute Gasteiger partial charge is 0.495 e. The van der Waals surface area contributed by atoms with E-state index >= 15 is 0 Å². The molecule has 0 unspecified atom stereocenters. The molecular formula is C18H21NO5S2. The Labute approximate surface area is 158 Å². The Kier molecular flexibility index (Phi) is 6.55. The SMILES string of the molecule is COc1ccc(C(=O)OC(C)C)cc1NS(=O)(=O)c1ccc(SC)cc1. The average molecular weight is 396 g/mol. The standard InChI is InChI=1S/C18H21NO5S2/c1-12(2)24-18(20)13-5-10-17(23-3)16(11-13)19-26(21,22)15-8-6-14(25-4)7-9-15/h5-12,19H,1-4H3. The Morgan fingerprint density at radius 3 is 2.31 bits per heavy atom. The lowest BCUT2D eigenvalue weighted by molar-refractivity contribution is 0.0378. The fourth-order valence-electron chi connectivity index (χ4n) is 2.16. The number of benzene rings is 2. The van der Waals surface area contributed by atoms with Crippen LogP contribution < -0.4 is 9.46 Å². The van der Waals surface area contributed by atoms with Crippen LogP contribution in [0.4, 0.5) is 5.69 Å². The molecule has 0 aromatic heterocycles. The summed E-state index contributed by atoms with van der Waals surface area (Å²) in [6, 6.07) is 11.0. The van der Waals surface area contributed by atoms with Gasteiger partial charge in [0.05, 0.1) is 29.4 Å². The molecule has 26 heavy (non-hydrogen) atoms. The fourth-order valence-corrected chi connectivity index (χ4v) is 3.62. The van der Waals surface area contributed by atoms with Gasteiger partial charge in [0, 0.05) is 4.90 Å². The number of nitrogens with one attached hydrogen (secondary N) is 1. The summed E-state index contributed by atoms with van der Waals surface area (Å²) in [5, 5.41) is 0. The third-order valence-corrected chi connectivity index (χ3v) is 5.52. The zero-order valence-corrected chi connectivity index (χ0v) is 16.6. The van der Waals surface area contributed by atoms with Crippen molar-refractivity contribution < 1.29 is 22.7 Å². The second-order valence-corrected chi connectivity index (χ2v) is 8.21. The van der Waals surface area contributed by atoms with Gasteiger partial charge in [-0.05, 0) is 62.6 Å². The Morgan fingerprint density at radius 2 is 1.77 bits per heavy atom. The molecule has 0 aliphatic carbocycles. The molecule has 0 spiro atoms. The molecular weight excluding hydrogens is 374 g/mol. The summed E-state index contributed by atoms with van der Waals surface area (Å²) in [5.41, 5.74) is 0.398. The number of anilines is 1. The molecule has 140 valence electrons. The van der Waals surface area contributed by atoms with E-state index < -0.39 is 16.0 Å². The number of rotatable bonds is 7. The lowest BCUT2D eigenvalue weighted by Crippen LogP contribution is -2.15. The monoisotopic (exact) mass is 395 g/mol. The van der Waals surface area contributed by atoms with E-state index in [9.17, 15) is 13.2 Å². The summed E-state index contributed by atoms with van der Waals surface area (Å²) in [6.45, 7) is 3.48. The highest BCUT2D eigenvalue weighted by molar-refractivity contribution is 7.98. The zero-order chi connectivity index (χ0) is 19.3. The second-order valence-electron chi connectivity index (χ2n) is 5.65. The van der Waals surface area contributed by atoms with Crippen LogP contribution in [-0.4, -0.2) is 33.9 Å². The van der Waals surface area contributed by atoms with Gasteiger partial charge < -0.3 is 9.47 Å². The number of hydrogen-bond donors (Lipinski definition) is 1. The van der Waals surface area contributed by atoms with Gasteiger partial charge in [0.25, 0.3) is 10.0 Å². The number of methoxy groups -OCH3 is 1. The van der Waals surface area contributed by atoms with Gasteiger partial charge in [-0.25, -0.2) is 13.2 Å². The molecule has 1 N–H and O–H groups in total. The summed E-state index contributed by atoms with van der Waals surface area (Å²) in [7, 11) is -2.40. The van der Waals surface area contributed by atoms with Gasteiger partial charge in [-0.15, -0.1) is 11.8 Å². The van der Waals surface area contributed by atoms with Gasteiger partial charge in [-0.2, -0.15) is 0 Å². The third kappa shape index (κ3) is 4.92. The smallest absolute Gasteiger partial charge is 0.338 e. The third-order valence-electron chi connectivity index (χ3n) is 3.39. The number of sulfonamides is 1. The van der Waals surface area contributed by atoms with E-state index in [2.05, 4.69) is 4.72 Å².